The van der Waals surface area contributed by atoms with Crippen LogP contribution < -0.4 is 0 Å². The summed E-state index contributed by atoms with van der Waals surface area (Å²) in [6.45, 7) is 2.06. The Morgan fingerprint density at radius 2 is 1.79 bits per heavy atom. The SMILES string of the molecule is CCCCCCCOC1OC(C(O)CO)C(O)C1O. The van der Waals surface area contributed by atoms with Crippen molar-refractivity contribution in [3.8, 4) is 0 Å². The fourth-order valence-corrected chi connectivity index (χ4v) is 2.14. The van der Waals surface area contributed by atoms with Crippen LogP contribution in [0.15, 0.2) is 0 Å². The number of aliphatic hydroxyl groups is 4. The number of ether oxygens (including phenoxy) is 2. The minimum atomic E-state index is -1.24. The highest BCUT2D eigenvalue weighted by Crippen LogP contribution is 2.24. The zero-order valence-corrected chi connectivity index (χ0v) is 11.4. The van der Waals surface area contributed by atoms with Gasteiger partial charge in [0.15, 0.2) is 6.29 Å². The third-order valence-corrected chi connectivity index (χ3v) is 3.35. The molecule has 0 amide bonds. The van der Waals surface area contributed by atoms with E-state index < -0.39 is 37.3 Å². The fourth-order valence-electron chi connectivity index (χ4n) is 2.14. The average Bonchev–Trinajstić information content (AvgIpc) is 2.70. The van der Waals surface area contributed by atoms with Crippen molar-refractivity contribution in [2.24, 2.45) is 0 Å². The van der Waals surface area contributed by atoms with Gasteiger partial charge >= 0.3 is 0 Å². The molecule has 1 fully saturated rings. The Bertz CT molecular complexity index is 237. The molecule has 0 bridgehead atoms. The maximum absolute atomic E-state index is 9.72. The molecule has 0 aliphatic carbocycles. The van der Waals surface area contributed by atoms with Gasteiger partial charge in [0, 0.05) is 6.61 Å². The number of hydrogen-bond acceptors (Lipinski definition) is 6. The van der Waals surface area contributed by atoms with Gasteiger partial charge in [0.05, 0.1) is 6.61 Å². The third-order valence-electron chi connectivity index (χ3n) is 3.35. The zero-order chi connectivity index (χ0) is 14.3. The largest absolute Gasteiger partial charge is 0.394 e. The molecule has 6 nitrogen and oxygen atoms in total. The monoisotopic (exact) mass is 278 g/mol. The van der Waals surface area contributed by atoms with Gasteiger partial charge in [-0.25, -0.2) is 0 Å². The van der Waals surface area contributed by atoms with Gasteiger partial charge < -0.3 is 29.9 Å². The van der Waals surface area contributed by atoms with E-state index in [9.17, 15) is 15.3 Å². The molecule has 1 saturated heterocycles. The summed E-state index contributed by atoms with van der Waals surface area (Å²) in [6, 6.07) is 0. The Hall–Kier alpha value is -0.240. The van der Waals surface area contributed by atoms with Crippen LogP contribution in [0.1, 0.15) is 39.0 Å². The van der Waals surface area contributed by atoms with Gasteiger partial charge in [-0.15, -0.1) is 0 Å². The molecule has 0 radical (unpaired) electrons. The Morgan fingerprint density at radius 1 is 1.11 bits per heavy atom. The molecule has 0 aromatic carbocycles. The van der Waals surface area contributed by atoms with Crippen molar-refractivity contribution in [3.05, 3.63) is 0 Å². The van der Waals surface area contributed by atoms with Gasteiger partial charge in [0.1, 0.15) is 24.4 Å². The summed E-state index contributed by atoms with van der Waals surface area (Å²) >= 11 is 0. The summed E-state index contributed by atoms with van der Waals surface area (Å²) in [7, 11) is 0. The second-order valence-electron chi connectivity index (χ2n) is 4.99. The number of rotatable bonds is 9. The van der Waals surface area contributed by atoms with Crippen LogP contribution in [0.2, 0.25) is 0 Å². The number of hydrogen-bond donors (Lipinski definition) is 4. The topological polar surface area (TPSA) is 99.4 Å². The Balaban J connectivity index is 2.23. The van der Waals surface area contributed by atoms with Crippen molar-refractivity contribution < 1.29 is 29.9 Å². The van der Waals surface area contributed by atoms with E-state index in [-0.39, 0.29) is 0 Å². The third kappa shape index (κ3) is 4.98. The van der Waals surface area contributed by atoms with Crippen LogP contribution in [0, 0.1) is 0 Å². The molecule has 0 spiro atoms. The second kappa shape index (κ2) is 8.84. The van der Waals surface area contributed by atoms with E-state index in [4.69, 9.17) is 14.6 Å². The molecule has 5 atom stereocenters. The van der Waals surface area contributed by atoms with Crippen LogP contribution in [0.25, 0.3) is 0 Å². The van der Waals surface area contributed by atoms with E-state index in [0.29, 0.717) is 6.61 Å². The first-order valence-corrected chi connectivity index (χ1v) is 7.04. The van der Waals surface area contributed by atoms with Gasteiger partial charge in [-0.1, -0.05) is 32.6 Å². The molecule has 1 heterocycles. The molecule has 4 N–H and O–H groups in total. The smallest absolute Gasteiger partial charge is 0.186 e. The molecule has 0 aromatic heterocycles. The van der Waals surface area contributed by atoms with E-state index in [0.717, 1.165) is 19.3 Å². The molecule has 0 saturated carbocycles. The summed E-state index contributed by atoms with van der Waals surface area (Å²) in [5.74, 6) is 0. The molecule has 1 aliphatic rings. The van der Waals surface area contributed by atoms with Crippen LogP contribution in [0.3, 0.4) is 0 Å². The first-order valence-electron chi connectivity index (χ1n) is 7.04. The van der Waals surface area contributed by atoms with Crippen LogP contribution in [-0.2, 0) is 9.47 Å². The van der Waals surface area contributed by atoms with Crippen molar-refractivity contribution in [1.29, 1.82) is 0 Å². The fraction of sp³-hybridized carbons (Fsp3) is 1.00. The summed E-state index contributed by atoms with van der Waals surface area (Å²) < 4.78 is 10.6. The lowest BCUT2D eigenvalue weighted by atomic mass is 10.1. The van der Waals surface area contributed by atoms with Crippen molar-refractivity contribution in [1.82, 2.24) is 0 Å². The maximum Gasteiger partial charge on any atom is 0.186 e. The molecular formula is C13H26O6. The first-order chi connectivity index (χ1) is 9.11. The predicted octanol–water partition coefficient (Wildman–Crippen LogP) is -0.227. The minimum Gasteiger partial charge on any atom is -0.394 e. The molecule has 114 valence electrons. The quantitative estimate of drug-likeness (QED) is 0.435. The van der Waals surface area contributed by atoms with E-state index >= 15 is 0 Å². The van der Waals surface area contributed by atoms with Gasteiger partial charge in [-0.05, 0) is 6.42 Å². The Kier molecular flexibility index (Phi) is 7.82. The van der Waals surface area contributed by atoms with Gasteiger partial charge in [-0.2, -0.15) is 0 Å². The van der Waals surface area contributed by atoms with Crippen LogP contribution in [0.4, 0.5) is 0 Å². The van der Waals surface area contributed by atoms with Crippen molar-refractivity contribution in [2.45, 2.75) is 69.7 Å². The molecule has 0 aromatic rings. The van der Waals surface area contributed by atoms with Crippen LogP contribution in [0.5, 0.6) is 0 Å². The predicted molar refractivity (Wildman–Crippen MR) is 68.5 cm³/mol. The molecule has 19 heavy (non-hydrogen) atoms. The summed E-state index contributed by atoms with van der Waals surface area (Å²) in [4.78, 5) is 0. The van der Waals surface area contributed by atoms with Gasteiger partial charge in [-0.3, -0.25) is 0 Å². The highest BCUT2D eigenvalue weighted by Gasteiger charge is 2.46. The first kappa shape index (κ1) is 16.8. The van der Waals surface area contributed by atoms with Gasteiger partial charge in [0.2, 0.25) is 0 Å². The summed E-state index contributed by atoms with van der Waals surface area (Å²) in [5.41, 5.74) is 0. The standard InChI is InChI=1S/C13H26O6/c1-2-3-4-5-6-7-18-13-11(17)10(16)12(19-13)9(15)8-14/h9-17H,2-8H2,1H3. The Morgan fingerprint density at radius 3 is 2.42 bits per heavy atom. The zero-order valence-electron chi connectivity index (χ0n) is 11.4. The summed E-state index contributed by atoms with van der Waals surface area (Å²) in [6.07, 6.45) is -0.140. The number of aliphatic hydroxyl groups excluding tert-OH is 4. The van der Waals surface area contributed by atoms with E-state index in [1.807, 2.05) is 0 Å². The van der Waals surface area contributed by atoms with Crippen LogP contribution in [-0.4, -0.2) is 64.3 Å². The van der Waals surface area contributed by atoms with Crippen molar-refractivity contribution in [3.63, 3.8) is 0 Å². The number of unbranched alkanes of at least 4 members (excludes halogenated alkanes) is 4. The van der Waals surface area contributed by atoms with Crippen molar-refractivity contribution >= 4 is 0 Å². The Labute approximate surface area is 114 Å². The second-order valence-corrected chi connectivity index (χ2v) is 4.99. The molecule has 1 rings (SSSR count). The normalized spacial score (nSPS) is 32.7. The average molecular weight is 278 g/mol. The summed E-state index contributed by atoms with van der Waals surface area (Å²) in [5, 5.41) is 37.6. The van der Waals surface area contributed by atoms with E-state index in [1.54, 1.807) is 0 Å². The van der Waals surface area contributed by atoms with Crippen LogP contribution >= 0.6 is 0 Å². The molecule has 1 aliphatic heterocycles. The lowest BCUT2D eigenvalue weighted by molar-refractivity contribution is -0.181. The molecule has 5 unspecified atom stereocenters. The molecular weight excluding hydrogens is 252 g/mol. The van der Waals surface area contributed by atoms with Gasteiger partial charge in [0.25, 0.3) is 0 Å². The maximum atomic E-state index is 9.72. The lowest BCUT2D eigenvalue weighted by Crippen LogP contribution is -2.40. The molecule has 6 heteroatoms. The minimum absolute atomic E-state index is 0.445. The van der Waals surface area contributed by atoms with E-state index in [2.05, 4.69) is 6.92 Å². The lowest BCUT2D eigenvalue weighted by Gasteiger charge is -2.18. The van der Waals surface area contributed by atoms with E-state index in [1.165, 1.54) is 12.8 Å². The highest BCUT2D eigenvalue weighted by molar-refractivity contribution is 4.90. The highest BCUT2D eigenvalue weighted by atomic mass is 16.7. The van der Waals surface area contributed by atoms with Crippen molar-refractivity contribution in [2.75, 3.05) is 13.2 Å².